The first-order valence-electron chi connectivity index (χ1n) is 11.9. The van der Waals surface area contributed by atoms with E-state index in [4.69, 9.17) is 0 Å². The number of rotatable bonds is 11. The van der Waals surface area contributed by atoms with Gasteiger partial charge in [0.15, 0.2) is 0 Å². The van der Waals surface area contributed by atoms with Crippen molar-refractivity contribution in [1.29, 1.82) is 0 Å². The zero-order valence-corrected chi connectivity index (χ0v) is 19.8. The zero-order chi connectivity index (χ0) is 22.1. The van der Waals surface area contributed by atoms with Crippen LogP contribution in [0.1, 0.15) is 55.5 Å². The molecule has 0 atom stereocenters. The van der Waals surface area contributed by atoms with Crippen LogP contribution in [0.4, 0.5) is 5.69 Å². The SMILES string of the molecule is CCN(CC)Cc1ccc(Cc2ccc(Cc3ccc(N(CC)CC)cc3)cc2)cc1. The number of hydrogen-bond acceptors (Lipinski definition) is 2. The van der Waals surface area contributed by atoms with Crippen LogP contribution in [-0.2, 0) is 19.4 Å². The maximum Gasteiger partial charge on any atom is 0.0366 e. The Morgan fingerprint density at radius 3 is 1.16 bits per heavy atom. The fourth-order valence-electron chi connectivity index (χ4n) is 4.13. The Labute approximate surface area is 189 Å². The molecule has 3 aromatic carbocycles. The summed E-state index contributed by atoms with van der Waals surface area (Å²) in [5.74, 6) is 0. The normalized spacial score (nSPS) is 11.1. The lowest BCUT2D eigenvalue weighted by Gasteiger charge is -2.21. The third-order valence-corrected chi connectivity index (χ3v) is 6.23. The second-order valence-corrected chi connectivity index (χ2v) is 8.29. The summed E-state index contributed by atoms with van der Waals surface area (Å²) in [5.41, 5.74) is 8.20. The molecule has 0 radical (unpaired) electrons. The van der Waals surface area contributed by atoms with E-state index in [0.717, 1.165) is 45.6 Å². The standard InChI is InChI=1S/C29H38N2/c1-5-30(6-2)23-28-15-13-26(14-16-28)21-24-9-11-25(12-10-24)22-27-17-19-29(20-18-27)31(7-3)8-4/h9-20H,5-8,21-23H2,1-4H3. The molecule has 0 saturated carbocycles. The molecule has 0 amide bonds. The van der Waals surface area contributed by atoms with Gasteiger partial charge in [0.25, 0.3) is 0 Å². The molecule has 0 aliphatic rings. The molecule has 0 spiro atoms. The highest BCUT2D eigenvalue weighted by molar-refractivity contribution is 5.48. The van der Waals surface area contributed by atoms with Gasteiger partial charge in [0.1, 0.15) is 0 Å². The Kier molecular flexibility index (Phi) is 8.73. The van der Waals surface area contributed by atoms with Gasteiger partial charge in [-0.2, -0.15) is 0 Å². The van der Waals surface area contributed by atoms with Crippen molar-refractivity contribution in [3.8, 4) is 0 Å². The summed E-state index contributed by atoms with van der Waals surface area (Å²) in [6.07, 6.45) is 1.98. The van der Waals surface area contributed by atoms with Crippen molar-refractivity contribution in [1.82, 2.24) is 4.90 Å². The van der Waals surface area contributed by atoms with Crippen LogP contribution in [0.25, 0.3) is 0 Å². The summed E-state index contributed by atoms with van der Waals surface area (Å²) < 4.78 is 0. The van der Waals surface area contributed by atoms with Gasteiger partial charge >= 0.3 is 0 Å². The van der Waals surface area contributed by atoms with Gasteiger partial charge in [0.2, 0.25) is 0 Å². The van der Waals surface area contributed by atoms with Gasteiger partial charge in [-0.15, -0.1) is 0 Å². The maximum atomic E-state index is 2.45. The molecule has 164 valence electrons. The lowest BCUT2D eigenvalue weighted by Crippen LogP contribution is -2.21. The average molecular weight is 415 g/mol. The summed E-state index contributed by atoms with van der Waals surface area (Å²) in [4.78, 5) is 4.83. The molecule has 0 bridgehead atoms. The van der Waals surface area contributed by atoms with E-state index in [1.807, 2.05) is 0 Å². The van der Waals surface area contributed by atoms with Crippen molar-refractivity contribution in [2.24, 2.45) is 0 Å². The minimum Gasteiger partial charge on any atom is -0.372 e. The number of benzene rings is 3. The van der Waals surface area contributed by atoms with Crippen molar-refractivity contribution in [2.75, 3.05) is 31.1 Å². The molecule has 3 aromatic rings. The Bertz CT molecular complexity index is 887. The predicted octanol–water partition coefficient (Wildman–Crippen LogP) is 6.56. The summed E-state index contributed by atoms with van der Waals surface area (Å²) in [6.45, 7) is 14.2. The second-order valence-electron chi connectivity index (χ2n) is 8.29. The van der Waals surface area contributed by atoms with E-state index in [9.17, 15) is 0 Å². The van der Waals surface area contributed by atoms with Crippen molar-refractivity contribution >= 4 is 5.69 Å². The third kappa shape index (κ3) is 6.70. The van der Waals surface area contributed by atoms with Crippen molar-refractivity contribution in [3.63, 3.8) is 0 Å². The van der Waals surface area contributed by atoms with Gasteiger partial charge in [0, 0.05) is 25.3 Å². The monoisotopic (exact) mass is 414 g/mol. The maximum absolute atomic E-state index is 2.45. The molecule has 0 aliphatic heterocycles. The largest absolute Gasteiger partial charge is 0.372 e. The first-order valence-corrected chi connectivity index (χ1v) is 11.9. The molecule has 31 heavy (non-hydrogen) atoms. The van der Waals surface area contributed by atoms with E-state index in [2.05, 4.69) is 110 Å². The minimum atomic E-state index is 0.985. The molecular weight excluding hydrogens is 376 g/mol. The average Bonchev–Trinajstić information content (AvgIpc) is 2.81. The molecule has 2 heteroatoms. The van der Waals surface area contributed by atoms with Crippen LogP contribution in [-0.4, -0.2) is 31.1 Å². The molecule has 0 unspecified atom stereocenters. The topological polar surface area (TPSA) is 6.48 Å². The molecule has 0 N–H and O–H groups in total. The summed E-state index contributed by atoms with van der Waals surface area (Å²) in [6, 6.07) is 27.3. The van der Waals surface area contributed by atoms with Gasteiger partial charge in [-0.1, -0.05) is 74.5 Å². The van der Waals surface area contributed by atoms with E-state index in [1.165, 1.54) is 33.5 Å². The summed E-state index contributed by atoms with van der Waals surface area (Å²) in [5, 5.41) is 0. The fraction of sp³-hybridized carbons (Fsp3) is 0.379. The van der Waals surface area contributed by atoms with E-state index in [-0.39, 0.29) is 0 Å². The fourth-order valence-corrected chi connectivity index (χ4v) is 4.13. The predicted molar refractivity (Wildman–Crippen MR) is 135 cm³/mol. The van der Waals surface area contributed by atoms with E-state index >= 15 is 0 Å². The highest BCUT2D eigenvalue weighted by Gasteiger charge is 2.04. The molecule has 0 saturated heterocycles. The molecule has 0 heterocycles. The zero-order valence-electron chi connectivity index (χ0n) is 19.8. The van der Waals surface area contributed by atoms with Crippen molar-refractivity contribution in [2.45, 2.75) is 47.1 Å². The van der Waals surface area contributed by atoms with E-state index in [0.29, 0.717) is 0 Å². The molecule has 0 aromatic heterocycles. The number of nitrogens with zero attached hydrogens (tertiary/aromatic N) is 2. The Hall–Kier alpha value is -2.58. The van der Waals surface area contributed by atoms with Gasteiger partial charge in [-0.05, 0) is 79.7 Å². The van der Waals surface area contributed by atoms with Gasteiger partial charge < -0.3 is 4.90 Å². The Morgan fingerprint density at radius 2 is 0.806 bits per heavy atom. The molecule has 2 nitrogen and oxygen atoms in total. The third-order valence-electron chi connectivity index (χ3n) is 6.23. The van der Waals surface area contributed by atoms with Crippen molar-refractivity contribution < 1.29 is 0 Å². The minimum absolute atomic E-state index is 0.985. The lowest BCUT2D eigenvalue weighted by atomic mass is 9.99. The van der Waals surface area contributed by atoms with Crippen LogP contribution in [0, 0.1) is 0 Å². The summed E-state index contributed by atoms with van der Waals surface area (Å²) in [7, 11) is 0. The number of anilines is 1. The van der Waals surface area contributed by atoms with Gasteiger partial charge in [-0.3, -0.25) is 4.90 Å². The van der Waals surface area contributed by atoms with Crippen LogP contribution in [0.15, 0.2) is 72.8 Å². The van der Waals surface area contributed by atoms with Gasteiger partial charge in [-0.25, -0.2) is 0 Å². The van der Waals surface area contributed by atoms with Gasteiger partial charge in [0.05, 0.1) is 0 Å². The highest BCUT2D eigenvalue weighted by atomic mass is 15.1. The molecule has 0 aliphatic carbocycles. The molecular formula is C29H38N2. The Morgan fingerprint density at radius 1 is 0.452 bits per heavy atom. The van der Waals surface area contributed by atoms with Crippen molar-refractivity contribution in [3.05, 3.63) is 101 Å². The highest BCUT2D eigenvalue weighted by Crippen LogP contribution is 2.18. The first kappa shape index (κ1) is 23.1. The van der Waals surface area contributed by atoms with Crippen LogP contribution < -0.4 is 4.90 Å². The number of hydrogen-bond donors (Lipinski definition) is 0. The van der Waals surface area contributed by atoms with E-state index < -0.39 is 0 Å². The first-order chi connectivity index (χ1) is 15.1. The quantitative estimate of drug-likeness (QED) is 0.351. The van der Waals surface area contributed by atoms with E-state index in [1.54, 1.807) is 0 Å². The lowest BCUT2D eigenvalue weighted by molar-refractivity contribution is 0.296. The Balaban J connectivity index is 1.56. The van der Waals surface area contributed by atoms with Crippen LogP contribution in [0.5, 0.6) is 0 Å². The van der Waals surface area contributed by atoms with Crippen LogP contribution in [0.3, 0.4) is 0 Å². The van der Waals surface area contributed by atoms with Crippen LogP contribution in [0.2, 0.25) is 0 Å². The van der Waals surface area contributed by atoms with Crippen LogP contribution >= 0.6 is 0 Å². The summed E-state index contributed by atoms with van der Waals surface area (Å²) >= 11 is 0. The second kappa shape index (κ2) is 11.7. The smallest absolute Gasteiger partial charge is 0.0366 e. The molecule has 0 fully saturated rings. The molecule has 3 rings (SSSR count).